The van der Waals surface area contributed by atoms with Crippen LogP contribution in [0, 0.1) is 27.7 Å². The maximum absolute atomic E-state index is 13.1. The number of ether oxygens (including phenoxy) is 2. The van der Waals surface area contributed by atoms with Gasteiger partial charge in [-0.1, -0.05) is 220 Å². The number of fused-ring (bicyclic) bond motifs is 13. The minimum Gasteiger partial charge on any atom is -0.491 e. The van der Waals surface area contributed by atoms with Gasteiger partial charge in [-0.2, -0.15) is 8.42 Å². The Morgan fingerprint density at radius 2 is 0.707 bits per heavy atom. The first-order chi connectivity index (χ1) is 65.0. The highest BCUT2D eigenvalue weighted by atomic mass is 32.2. The summed E-state index contributed by atoms with van der Waals surface area (Å²) < 4.78 is 79.0. The van der Waals surface area contributed by atoms with Gasteiger partial charge in [-0.25, -0.2) is 8.42 Å². The Morgan fingerprint density at radius 3 is 1.23 bits per heavy atom. The van der Waals surface area contributed by atoms with Crippen molar-refractivity contribution in [1.82, 2.24) is 0 Å². The molecule has 0 aliphatic carbocycles. The Hall–Kier alpha value is -12.1. The van der Waals surface area contributed by atoms with Gasteiger partial charge in [0.2, 0.25) is 4.90 Å². The highest BCUT2D eigenvalue weighted by Crippen LogP contribution is 2.54. The summed E-state index contributed by atoms with van der Waals surface area (Å²) in [5.41, 5.74) is 8.24. The molecule has 0 saturated carbocycles. The highest BCUT2D eigenvalue weighted by molar-refractivity contribution is 7.99. The maximum Gasteiger partial charge on any atom is 0.344 e. The number of para-hydroxylation sites is 3. The zero-order valence-corrected chi connectivity index (χ0v) is 80.9. The van der Waals surface area contributed by atoms with Crippen LogP contribution in [-0.4, -0.2) is 65.6 Å². The minimum absolute atomic E-state index is 0.0153. The zero-order valence-electron chi connectivity index (χ0n) is 75.2. The van der Waals surface area contributed by atoms with Crippen LogP contribution in [0.25, 0.3) is 75.2 Å². The number of hydrogen-bond donors (Lipinski definition) is 3. The Balaban J connectivity index is 0.000000116. The van der Waals surface area contributed by atoms with E-state index in [2.05, 4.69) is 234 Å². The van der Waals surface area contributed by atoms with E-state index in [4.69, 9.17) is 29.0 Å². The first-order valence-electron chi connectivity index (χ1n) is 45.2. The number of benzene rings is 16. The number of thiophene rings is 3. The third kappa shape index (κ3) is 20.5. The predicted octanol–water partition coefficient (Wildman–Crippen LogP) is 29.6. The van der Waals surface area contributed by atoms with E-state index in [1.807, 2.05) is 133 Å². The van der Waals surface area contributed by atoms with Crippen LogP contribution in [0.15, 0.2) is 415 Å². The highest BCUT2D eigenvalue weighted by Gasteiger charge is 2.45. The van der Waals surface area contributed by atoms with Crippen molar-refractivity contribution in [3.8, 4) is 37.7 Å². The lowest BCUT2D eigenvalue weighted by atomic mass is 10.0. The molecule has 0 amide bonds. The van der Waals surface area contributed by atoms with Gasteiger partial charge in [0.15, 0.2) is 78.0 Å². The minimum atomic E-state index is -3.90. The molecule has 19 aromatic rings. The lowest BCUT2D eigenvalue weighted by Gasteiger charge is -2.16. The van der Waals surface area contributed by atoms with Crippen LogP contribution in [0.2, 0.25) is 0 Å². The standard InChI is InChI=1S/C28H33OS.C24H17O4S2.C24H25O2S.C20H17OS.C19H16NO2S2/c29-22-12-6-4-2-1-3-5-7-13-23-18-20-24(21-19-23)30-27-16-10-8-14-25(27)26-15-9-11-17-28(26)30;25-30(26)24-13-7-6-12-23(24)29(22-11-5-4-10-21(22)28-30)20-16-14-19(15-17-20)27-18-8-2-1-3-9-18;1-15-5-7-22-20(11-15)21-12-16(2)6-8-23(21)27(22)19-13-17(3)24(18(4)14-19)26-10-9-25;21-14-13-15-9-11-16(12-10-15)22-19-7-3-1-5-17(19)18-6-2-4-8-20(18)22;1-20-16-11-5-6-12-17(16)23(15-9-3-2-4-10-15)18-13-7-8-14-19(18)24(20,21)22/h8-11,14-21,29H,1-7,12-13,22H2;1-17H;5-8,11-14,25H,9-10H2,1-4H3;1-12,21H,13-14H2;2-14H,1H3/q5*+1. The van der Waals surface area contributed by atoms with Crippen LogP contribution in [0.3, 0.4) is 0 Å². The fourth-order valence-corrected chi connectivity index (χ4v) is 32.8. The number of sulfonamides is 1. The van der Waals surface area contributed by atoms with Crippen molar-refractivity contribution < 1.29 is 45.8 Å². The molecule has 5 heterocycles. The summed E-state index contributed by atoms with van der Waals surface area (Å²) in [6.07, 6.45) is 11.9. The molecular formula is C115H108NO10S7+5. The molecule has 3 aromatic heterocycles. The van der Waals surface area contributed by atoms with E-state index < -0.39 is 41.9 Å². The van der Waals surface area contributed by atoms with Crippen molar-refractivity contribution in [1.29, 1.82) is 0 Å². The van der Waals surface area contributed by atoms with E-state index in [0.717, 1.165) is 70.5 Å². The summed E-state index contributed by atoms with van der Waals surface area (Å²) in [4.78, 5) is 10.2. The predicted molar refractivity (Wildman–Crippen MR) is 559 cm³/mol. The normalized spacial score (nSPS) is 13.8. The molecule has 0 spiro atoms. The molecule has 2 aliphatic heterocycles. The van der Waals surface area contributed by atoms with E-state index in [9.17, 15) is 16.8 Å². The van der Waals surface area contributed by atoms with Crippen molar-refractivity contribution in [3.63, 3.8) is 0 Å². The van der Waals surface area contributed by atoms with Crippen LogP contribution >= 0.6 is 31.4 Å². The number of rotatable bonds is 22. The molecule has 0 bridgehead atoms. The molecule has 670 valence electrons. The second-order valence-corrected chi connectivity index (χ2v) is 46.3. The third-order valence-corrected chi connectivity index (χ3v) is 38.9. The summed E-state index contributed by atoms with van der Waals surface area (Å²) in [5, 5.41) is 35.2. The molecular weight excluding hydrogens is 1780 g/mol. The molecule has 133 heavy (non-hydrogen) atoms. The number of hydrogen-bond acceptors (Lipinski definition) is 10. The lowest BCUT2D eigenvalue weighted by Crippen LogP contribution is -2.26. The van der Waals surface area contributed by atoms with Crippen LogP contribution in [-0.2, 0) is 54.8 Å². The van der Waals surface area contributed by atoms with Crippen molar-refractivity contribution in [3.05, 3.63) is 409 Å². The van der Waals surface area contributed by atoms with E-state index in [0.29, 0.717) is 29.6 Å². The summed E-state index contributed by atoms with van der Waals surface area (Å²) in [7, 11) is -7.03. The topological polar surface area (TPSA) is 160 Å². The average Bonchev–Trinajstić information content (AvgIpc) is 1.74. The van der Waals surface area contributed by atoms with Gasteiger partial charge in [-0.15, -0.1) is 0 Å². The molecule has 16 aromatic carbocycles. The number of aliphatic hydroxyl groups is 3. The molecule has 18 heteroatoms. The molecule has 2 aliphatic rings. The molecule has 0 radical (unpaired) electrons. The number of aliphatic hydroxyl groups excluding tert-OH is 3. The van der Waals surface area contributed by atoms with E-state index in [1.54, 1.807) is 43.4 Å². The average molecular weight is 1890 g/mol. The van der Waals surface area contributed by atoms with Crippen molar-refractivity contribution in [2.24, 2.45) is 0 Å². The largest absolute Gasteiger partial charge is 0.491 e. The number of nitrogens with zero attached hydrogens (tertiary/aromatic N) is 1. The molecule has 21 rings (SSSR count). The zero-order chi connectivity index (χ0) is 92.0. The second kappa shape index (κ2) is 42.8. The van der Waals surface area contributed by atoms with Crippen LogP contribution in [0.5, 0.6) is 23.0 Å². The number of unbranched alkanes of at least 4 members (excludes halogenated alkanes) is 7. The van der Waals surface area contributed by atoms with E-state index in [1.165, 1.54) is 153 Å². The molecule has 3 N–H and O–H groups in total. The third-order valence-electron chi connectivity index (χ3n) is 23.9. The van der Waals surface area contributed by atoms with Gasteiger partial charge in [-0.05, 0) is 270 Å². The molecule has 11 nitrogen and oxygen atoms in total. The Labute approximate surface area is 794 Å². The quantitative estimate of drug-likeness (QED) is 0.0339. The summed E-state index contributed by atoms with van der Waals surface area (Å²) >= 11 is 0. The van der Waals surface area contributed by atoms with E-state index >= 15 is 0 Å². The van der Waals surface area contributed by atoms with Gasteiger partial charge in [0, 0.05) is 96.1 Å². The summed E-state index contributed by atoms with van der Waals surface area (Å²) in [5.74, 6) is 2.73. The number of aryl methyl sites for hydroxylation is 5. The van der Waals surface area contributed by atoms with Crippen molar-refractivity contribution in [2.45, 2.75) is 131 Å². The van der Waals surface area contributed by atoms with Crippen molar-refractivity contribution >= 4 is 140 Å². The van der Waals surface area contributed by atoms with Gasteiger partial charge in [-0.3, -0.25) is 4.31 Å². The Kier molecular flexibility index (Phi) is 29.8. The maximum atomic E-state index is 13.1. The van der Waals surface area contributed by atoms with Gasteiger partial charge < -0.3 is 29.0 Å². The van der Waals surface area contributed by atoms with Gasteiger partial charge >= 0.3 is 10.1 Å². The lowest BCUT2D eigenvalue weighted by molar-refractivity contribution is 0.200. The molecule has 0 saturated heterocycles. The van der Waals surface area contributed by atoms with Crippen LogP contribution in [0.1, 0.15) is 84.7 Å². The van der Waals surface area contributed by atoms with Gasteiger partial charge in [0.1, 0.15) is 56.2 Å². The Bertz CT molecular complexity index is 7340. The monoisotopic (exact) mass is 1890 g/mol. The molecule has 2 unspecified atom stereocenters. The van der Waals surface area contributed by atoms with Crippen LogP contribution < -0.4 is 18.0 Å². The van der Waals surface area contributed by atoms with Crippen LogP contribution in [0.4, 0.5) is 5.69 Å². The Morgan fingerprint density at radius 1 is 0.316 bits per heavy atom. The smallest absolute Gasteiger partial charge is 0.344 e. The van der Waals surface area contributed by atoms with Gasteiger partial charge in [0.25, 0.3) is 10.0 Å². The first-order valence-corrected chi connectivity index (χ1v) is 54.2. The second-order valence-electron chi connectivity index (χ2n) is 33.1. The summed E-state index contributed by atoms with van der Waals surface area (Å²) in [6, 6.07) is 128. The first kappa shape index (κ1) is 92.7. The fraction of sp³-hybridized carbons (Fsp3) is 0.165. The van der Waals surface area contributed by atoms with E-state index in [-0.39, 0.29) is 49.5 Å². The number of anilines is 1. The molecule has 0 fully saturated rings. The van der Waals surface area contributed by atoms with Gasteiger partial charge in [0.05, 0.1) is 6.61 Å². The molecule has 2 atom stereocenters. The summed E-state index contributed by atoms with van der Waals surface area (Å²) in [6.45, 7) is 9.42. The SMILES string of the molecule is CN1c2ccccc2[S+](c2ccccc2)c2ccccc2S1(=O)=O.Cc1ccc2c(c1)c1cc(C)ccc1[s+]2-c1cc(C)c(OCCO)c(C)c1.O=S1(=O)Oc2ccccc2[S+](c2ccc(Oc3ccccc3)cc2)c2ccccc21.OCCCCCCCCCCc1ccc(-[s+]2c3ccccc3c3ccccc32)cc1.OCCc1ccc(-[s+]2c3ccccc3c3ccccc32)cc1. The fourth-order valence-electron chi connectivity index (χ4n) is 17.5. The van der Waals surface area contributed by atoms with Crippen molar-refractivity contribution in [2.75, 3.05) is 37.8 Å².